The van der Waals surface area contributed by atoms with Crippen molar-refractivity contribution >= 4 is 35.0 Å². The Morgan fingerprint density at radius 3 is 2.43 bits per heavy atom. The maximum absolute atomic E-state index is 12.5. The molecule has 3 N–H and O–H groups in total. The van der Waals surface area contributed by atoms with Crippen molar-refractivity contribution in [2.45, 2.75) is 20.8 Å². The molecule has 0 aliphatic carbocycles. The SMILES string of the molecule is Cc1cc(C)c(NC(=O)CN(C)C(=O)Nc2cccc(N3CCNC3=O)c2)c(C)c1. The van der Waals surface area contributed by atoms with Gasteiger partial charge in [0.15, 0.2) is 0 Å². The van der Waals surface area contributed by atoms with Crippen molar-refractivity contribution in [1.82, 2.24) is 10.2 Å². The Morgan fingerprint density at radius 1 is 1.10 bits per heavy atom. The van der Waals surface area contributed by atoms with Gasteiger partial charge in [-0.1, -0.05) is 23.8 Å². The van der Waals surface area contributed by atoms with E-state index in [2.05, 4.69) is 16.0 Å². The molecule has 1 heterocycles. The van der Waals surface area contributed by atoms with Crippen molar-refractivity contribution in [2.75, 3.05) is 42.2 Å². The quantitative estimate of drug-likeness (QED) is 0.708. The van der Waals surface area contributed by atoms with E-state index in [0.717, 1.165) is 22.4 Å². The third-order valence-electron chi connectivity index (χ3n) is 4.93. The summed E-state index contributed by atoms with van der Waals surface area (Å²) in [4.78, 5) is 39.7. The lowest BCUT2D eigenvalue weighted by molar-refractivity contribution is -0.116. The van der Waals surface area contributed by atoms with Crippen molar-refractivity contribution in [3.63, 3.8) is 0 Å². The predicted molar refractivity (Wildman–Crippen MR) is 118 cm³/mol. The van der Waals surface area contributed by atoms with Crippen LogP contribution in [0.2, 0.25) is 0 Å². The lowest BCUT2D eigenvalue weighted by atomic mass is 10.1. The molecule has 0 spiro atoms. The number of rotatable bonds is 5. The minimum atomic E-state index is -0.412. The lowest BCUT2D eigenvalue weighted by Crippen LogP contribution is -2.37. The van der Waals surface area contributed by atoms with E-state index in [-0.39, 0.29) is 18.5 Å². The average molecular weight is 409 g/mol. The number of nitrogens with zero attached hydrogens (tertiary/aromatic N) is 2. The molecule has 0 unspecified atom stereocenters. The molecule has 1 aliphatic rings. The standard InChI is InChI=1S/C22H27N5O3/c1-14-10-15(2)20(16(3)11-14)25-19(28)13-26(4)22(30)24-17-6-5-7-18(12-17)27-9-8-23-21(27)29/h5-7,10-12H,8-9,13H2,1-4H3,(H,23,29)(H,24,30)(H,25,28). The maximum Gasteiger partial charge on any atom is 0.322 e. The smallest absolute Gasteiger partial charge is 0.322 e. The van der Waals surface area contributed by atoms with Crippen LogP contribution in [0, 0.1) is 20.8 Å². The largest absolute Gasteiger partial charge is 0.336 e. The van der Waals surface area contributed by atoms with Gasteiger partial charge in [-0.05, 0) is 50.1 Å². The van der Waals surface area contributed by atoms with Gasteiger partial charge in [-0.15, -0.1) is 0 Å². The molecule has 0 aromatic heterocycles. The number of benzene rings is 2. The number of carbonyl (C=O) groups excluding carboxylic acids is 3. The Bertz CT molecular complexity index is 965. The minimum absolute atomic E-state index is 0.0905. The van der Waals surface area contributed by atoms with Gasteiger partial charge in [0.2, 0.25) is 5.91 Å². The van der Waals surface area contributed by atoms with E-state index in [1.165, 1.54) is 4.90 Å². The van der Waals surface area contributed by atoms with Crippen LogP contribution in [-0.2, 0) is 4.79 Å². The van der Waals surface area contributed by atoms with E-state index < -0.39 is 6.03 Å². The fourth-order valence-corrected chi connectivity index (χ4v) is 3.53. The molecule has 1 aliphatic heterocycles. The van der Waals surface area contributed by atoms with Crippen LogP contribution in [-0.4, -0.2) is 49.6 Å². The fraction of sp³-hybridized carbons (Fsp3) is 0.318. The van der Waals surface area contributed by atoms with E-state index in [0.29, 0.717) is 24.5 Å². The highest BCUT2D eigenvalue weighted by Gasteiger charge is 2.21. The third-order valence-corrected chi connectivity index (χ3v) is 4.93. The predicted octanol–water partition coefficient (Wildman–Crippen LogP) is 3.24. The van der Waals surface area contributed by atoms with Crippen LogP contribution < -0.4 is 20.9 Å². The monoisotopic (exact) mass is 409 g/mol. The van der Waals surface area contributed by atoms with Gasteiger partial charge in [-0.2, -0.15) is 0 Å². The highest BCUT2D eigenvalue weighted by molar-refractivity contribution is 5.98. The second-order valence-corrected chi connectivity index (χ2v) is 7.54. The molecule has 158 valence electrons. The molecule has 30 heavy (non-hydrogen) atoms. The first-order valence-electron chi connectivity index (χ1n) is 9.80. The Kier molecular flexibility index (Phi) is 6.25. The summed E-state index contributed by atoms with van der Waals surface area (Å²) in [5.74, 6) is -0.273. The first kappa shape index (κ1) is 21.2. The molecule has 0 saturated carbocycles. The van der Waals surface area contributed by atoms with Gasteiger partial charge in [0.1, 0.15) is 6.54 Å². The van der Waals surface area contributed by atoms with Gasteiger partial charge < -0.3 is 20.9 Å². The summed E-state index contributed by atoms with van der Waals surface area (Å²) in [6.07, 6.45) is 0. The molecule has 8 heteroatoms. The molecule has 8 nitrogen and oxygen atoms in total. The normalized spacial score (nSPS) is 13.1. The molecule has 5 amide bonds. The number of likely N-dealkylation sites (N-methyl/N-ethyl adjacent to an activating group) is 1. The summed E-state index contributed by atoms with van der Waals surface area (Å²) in [5, 5.41) is 8.41. The number of nitrogens with one attached hydrogen (secondary N) is 3. The van der Waals surface area contributed by atoms with E-state index in [9.17, 15) is 14.4 Å². The highest BCUT2D eigenvalue weighted by atomic mass is 16.2. The van der Waals surface area contributed by atoms with Gasteiger partial charge in [0.05, 0.1) is 0 Å². The zero-order valence-electron chi connectivity index (χ0n) is 17.7. The molecular formula is C22H27N5O3. The molecule has 3 rings (SSSR count). The Balaban J connectivity index is 1.60. The van der Waals surface area contributed by atoms with Crippen LogP contribution in [0.4, 0.5) is 26.7 Å². The summed E-state index contributed by atoms with van der Waals surface area (Å²) in [6, 6.07) is 10.5. The van der Waals surface area contributed by atoms with Gasteiger partial charge in [0, 0.05) is 37.2 Å². The van der Waals surface area contributed by atoms with Crippen molar-refractivity contribution in [1.29, 1.82) is 0 Å². The van der Waals surface area contributed by atoms with Gasteiger partial charge >= 0.3 is 12.1 Å². The summed E-state index contributed by atoms with van der Waals surface area (Å²) in [6.45, 7) is 6.97. The van der Waals surface area contributed by atoms with Crippen molar-refractivity contribution < 1.29 is 14.4 Å². The number of amides is 5. The molecule has 0 radical (unpaired) electrons. The highest BCUT2D eigenvalue weighted by Crippen LogP contribution is 2.22. The van der Waals surface area contributed by atoms with Crippen molar-refractivity contribution in [3.8, 4) is 0 Å². The Morgan fingerprint density at radius 2 is 1.80 bits per heavy atom. The molecule has 0 atom stereocenters. The summed E-state index contributed by atoms with van der Waals surface area (Å²) in [5.41, 5.74) is 5.12. The van der Waals surface area contributed by atoms with Crippen LogP contribution in [0.5, 0.6) is 0 Å². The minimum Gasteiger partial charge on any atom is -0.336 e. The number of carbonyl (C=O) groups is 3. The zero-order chi connectivity index (χ0) is 21.8. The molecule has 0 bridgehead atoms. The van der Waals surface area contributed by atoms with Gasteiger partial charge in [-0.25, -0.2) is 9.59 Å². The molecule has 2 aromatic carbocycles. The summed E-state index contributed by atoms with van der Waals surface area (Å²) in [7, 11) is 1.56. The molecule has 1 fully saturated rings. The third kappa shape index (κ3) is 4.89. The number of anilines is 3. The van der Waals surface area contributed by atoms with Crippen LogP contribution in [0.3, 0.4) is 0 Å². The molecule has 1 saturated heterocycles. The van der Waals surface area contributed by atoms with Gasteiger partial charge in [-0.3, -0.25) is 9.69 Å². The number of hydrogen-bond acceptors (Lipinski definition) is 3. The Hall–Kier alpha value is -3.55. The van der Waals surface area contributed by atoms with Crippen LogP contribution in [0.15, 0.2) is 36.4 Å². The van der Waals surface area contributed by atoms with E-state index in [4.69, 9.17) is 0 Å². The number of hydrogen-bond donors (Lipinski definition) is 3. The lowest BCUT2D eigenvalue weighted by Gasteiger charge is -2.20. The summed E-state index contributed by atoms with van der Waals surface area (Å²) >= 11 is 0. The number of aryl methyl sites for hydroxylation is 3. The van der Waals surface area contributed by atoms with Crippen molar-refractivity contribution in [2.24, 2.45) is 0 Å². The topological polar surface area (TPSA) is 93.8 Å². The van der Waals surface area contributed by atoms with Crippen LogP contribution >= 0.6 is 0 Å². The van der Waals surface area contributed by atoms with E-state index in [1.807, 2.05) is 39.0 Å². The first-order chi connectivity index (χ1) is 14.2. The van der Waals surface area contributed by atoms with Crippen molar-refractivity contribution in [3.05, 3.63) is 53.1 Å². The van der Waals surface area contributed by atoms with Crippen LogP contribution in [0.25, 0.3) is 0 Å². The first-order valence-corrected chi connectivity index (χ1v) is 9.80. The van der Waals surface area contributed by atoms with E-state index >= 15 is 0 Å². The van der Waals surface area contributed by atoms with Crippen LogP contribution in [0.1, 0.15) is 16.7 Å². The van der Waals surface area contributed by atoms with Gasteiger partial charge in [0.25, 0.3) is 0 Å². The van der Waals surface area contributed by atoms with E-state index in [1.54, 1.807) is 30.1 Å². The number of urea groups is 2. The molecular weight excluding hydrogens is 382 g/mol. The maximum atomic E-state index is 12.5. The summed E-state index contributed by atoms with van der Waals surface area (Å²) < 4.78 is 0. The molecule has 2 aromatic rings. The Labute approximate surface area is 176 Å². The zero-order valence-corrected chi connectivity index (χ0v) is 17.7. The average Bonchev–Trinajstić information content (AvgIpc) is 3.10. The fourth-order valence-electron chi connectivity index (χ4n) is 3.53. The second-order valence-electron chi connectivity index (χ2n) is 7.54. The second kappa shape index (κ2) is 8.86.